The zero-order chi connectivity index (χ0) is 22.7. The summed E-state index contributed by atoms with van der Waals surface area (Å²) in [5.41, 5.74) is -1.29. The largest absolute Gasteiger partial charge is 0.449 e. The number of carbonyl (C=O) groups is 3. The van der Waals surface area contributed by atoms with Gasteiger partial charge in [-0.3, -0.25) is 9.59 Å². The van der Waals surface area contributed by atoms with Gasteiger partial charge in [0.15, 0.2) is 5.78 Å². The van der Waals surface area contributed by atoms with Crippen molar-refractivity contribution in [1.82, 2.24) is 4.90 Å². The van der Waals surface area contributed by atoms with Gasteiger partial charge in [-0.15, -0.1) is 0 Å². The smallest absolute Gasteiger partial charge is 0.409 e. The van der Waals surface area contributed by atoms with Crippen molar-refractivity contribution in [2.24, 2.45) is 34.0 Å². The number of Topliss-reactive ketones (excluding diaryl/α,β-unsaturated/α-hetero) is 2. The maximum Gasteiger partial charge on any atom is 0.409 e. The van der Waals surface area contributed by atoms with Crippen LogP contribution >= 0.6 is 0 Å². The van der Waals surface area contributed by atoms with Crippen LogP contribution in [0.5, 0.6) is 0 Å². The molecule has 0 aromatic rings. The molecular formula is C25H35NO6. The first-order valence-electron chi connectivity index (χ1n) is 12.2. The van der Waals surface area contributed by atoms with E-state index in [4.69, 9.17) is 9.47 Å². The SMILES string of the molecule is C=C1C(=O)C23CCC1CC2C1(COC(=O)N2CCOCC2)CCCC(C)(CO)C1CC3=O. The first-order chi connectivity index (χ1) is 15.3. The van der Waals surface area contributed by atoms with Gasteiger partial charge in [-0.05, 0) is 60.8 Å². The van der Waals surface area contributed by atoms with Crippen LogP contribution in [-0.2, 0) is 19.1 Å². The van der Waals surface area contributed by atoms with E-state index in [1.807, 2.05) is 0 Å². The van der Waals surface area contributed by atoms with E-state index < -0.39 is 16.2 Å². The molecule has 7 nitrogen and oxygen atoms in total. The van der Waals surface area contributed by atoms with Gasteiger partial charge in [-0.1, -0.05) is 19.9 Å². The van der Waals surface area contributed by atoms with Gasteiger partial charge >= 0.3 is 6.09 Å². The standard InChI is InChI=1S/C25H35NO6/c1-16-17-4-7-25(21(16)29)19(12-17)24(15-32-22(30)26-8-10-31-11-9-26)6-3-5-23(2,14-27)18(24)13-20(25)28/h17-19,27H,1,3-15H2,2H3. The number of amides is 1. The number of fused-ring (bicyclic) bond motifs is 3. The fraction of sp³-hybridized carbons (Fsp3) is 0.800. The lowest BCUT2D eigenvalue weighted by molar-refractivity contribution is -0.201. The van der Waals surface area contributed by atoms with Gasteiger partial charge in [0.05, 0.1) is 25.2 Å². The van der Waals surface area contributed by atoms with Crippen LogP contribution in [0.1, 0.15) is 51.9 Å². The molecule has 0 aromatic carbocycles. The van der Waals surface area contributed by atoms with Gasteiger partial charge < -0.3 is 19.5 Å². The van der Waals surface area contributed by atoms with Gasteiger partial charge in [0.1, 0.15) is 5.78 Å². The average molecular weight is 446 g/mol. The number of rotatable bonds is 3. The minimum Gasteiger partial charge on any atom is -0.449 e. The second-order valence-corrected chi connectivity index (χ2v) is 11.1. The van der Waals surface area contributed by atoms with Crippen LogP contribution in [0.2, 0.25) is 0 Å². The van der Waals surface area contributed by atoms with E-state index in [9.17, 15) is 19.5 Å². The normalized spacial score (nSPS) is 43.6. The van der Waals surface area contributed by atoms with E-state index in [-0.39, 0.29) is 55.0 Å². The summed E-state index contributed by atoms with van der Waals surface area (Å²) in [6.07, 6.45) is 4.64. The second-order valence-electron chi connectivity index (χ2n) is 11.1. The Bertz CT molecular complexity index is 849. The highest BCUT2D eigenvalue weighted by Gasteiger charge is 2.71. The first kappa shape index (κ1) is 22.1. The van der Waals surface area contributed by atoms with Gasteiger partial charge in [-0.25, -0.2) is 4.79 Å². The molecule has 6 aliphatic rings. The molecule has 1 heterocycles. The van der Waals surface area contributed by atoms with Crippen molar-refractivity contribution in [3.63, 3.8) is 0 Å². The Morgan fingerprint density at radius 3 is 2.69 bits per heavy atom. The lowest BCUT2D eigenvalue weighted by Crippen LogP contribution is -2.69. The van der Waals surface area contributed by atoms with E-state index in [2.05, 4.69) is 13.5 Å². The monoisotopic (exact) mass is 445 g/mol. The van der Waals surface area contributed by atoms with Crippen LogP contribution in [0.4, 0.5) is 4.79 Å². The summed E-state index contributed by atoms with van der Waals surface area (Å²) in [5, 5.41) is 10.4. The molecule has 32 heavy (non-hydrogen) atoms. The molecule has 6 fully saturated rings. The molecule has 5 aliphatic carbocycles. The van der Waals surface area contributed by atoms with E-state index >= 15 is 0 Å². The zero-order valence-electron chi connectivity index (χ0n) is 19.1. The highest BCUT2D eigenvalue weighted by atomic mass is 16.6. The Kier molecular flexibility index (Phi) is 5.28. The van der Waals surface area contributed by atoms with Crippen molar-refractivity contribution in [2.45, 2.75) is 51.9 Å². The summed E-state index contributed by atoms with van der Waals surface area (Å²) >= 11 is 0. The fourth-order valence-corrected chi connectivity index (χ4v) is 8.02. The predicted molar refractivity (Wildman–Crippen MR) is 116 cm³/mol. The van der Waals surface area contributed by atoms with Crippen molar-refractivity contribution in [2.75, 3.05) is 39.5 Å². The van der Waals surface area contributed by atoms with Gasteiger partial charge in [0.25, 0.3) is 0 Å². The molecule has 2 bridgehead atoms. The van der Waals surface area contributed by atoms with Crippen molar-refractivity contribution in [1.29, 1.82) is 0 Å². The maximum absolute atomic E-state index is 13.7. The van der Waals surface area contributed by atoms with Crippen LogP contribution in [-0.4, -0.2) is 67.2 Å². The summed E-state index contributed by atoms with van der Waals surface area (Å²) < 4.78 is 11.3. The number of allylic oxidation sites excluding steroid dienone is 1. The van der Waals surface area contributed by atoms with Crippen molar-refractivity contribution in [3.05, 3.63) is 12.2 Å². The molecule has 1 spiro atoms. The lowest BCUT2D eigenvalue weighted by atomic mass is 9.36. The topological polar surface area (TPSA) is 93.1 Å². The number of hydrogen-bond donors (Lipinski definition) is 1. The number of hydrogen-bond acceptors (Lipinski definition) is 6. The van der Waals surface area contributed by atoms with Crippen molar-refractivity contribution < 1.29 is 29.0 Å². The summed E-state index contributed by atoms with van der Waals surface area (Å²) in [7, 11) is 0. The molecule has 1 N–H and O–H groups in total. The molecule has 6 rings (SSSR count). The van der Waals surface area contributed by atoms with E-state index in [0.29, 0.717) is 38.3 Å². The first-order valence-corrected chi connectivity index (χ1v) is 12.2. The number of ether oxygens (including phenoxy) is 2. The van der Waals surface area contributed by atoms with Gasteiger partial charge in [0.2, 0.25) is 0 Å². The Morgan fingerprint density at radius 2 is 1.97 bits per heavy atom. The Hall–Kier alpha value is -1.73. The van der Waals surface area contributed by atoms with Crippen LogP contribution in [0.15, 0.2) is 12.2 Å². The molecule has 1 aliphatic heterocycles. The third kappa shape index (κ3) is 2.89. The Morgan fingerprint density at radius 1 is 1.22 bits per heavy atom. The van der Waals surface area contributed by atoms with Crippen molar-refractivity contribution in [3.8, 4) is 0 Å². The highest BCUT2D eigenvalue weighted by Crippen LogP contribution is 2.70. The van der Waals surface area contributed by atoms with Gasteiger partial charge in [0, 0.05) is 31.5 Å². The molecule has 0 aromatic heterocycles. The number of nitrogens with zero attached hydrogens (tertiary/aromatic N) is 1. The maximum atomic E-state index is 13.7. The average Bonchev–Trinajstić information content (AvgIpc) is 2.82. The Labute approximate surface area is 189 Å². The Balaban J connectivity index is 1.52. The minimum absolute atomic E-state index is 0.00604. The predicted octanol–water partition coefficient (Wildman–Crippen LogP) is 2.75. The third-order valence-electron chi connectivity index (χ3n) is 9.79. The number of morpholine rings is 1. The number of carbonyl (C=O) groups excluding carboxylic acids is 3. The molecule has 1 saturated heterocycles. The lowest BCUT2D eigenvalue weighted by Gasteiger charge is -2.66. The molecule has 0 radical (unpaired) electrons. The molecule has 1 amide bonds. The summed E-state index contributed by atoms with van der Waals surface area (Å²) in [6, 6.07) is 0. The van der Waals surface area contributed by atoms with Crippen LogP contribution in [0.3, 0.4) is 0 Å². The molecule has 6 atom stereocenters. The number of aliphatic hydroxyl groups excluding tert-OH is 1. The van der Waals surface area contributed by atoms with Crippen molar-refractivity contribution >= 4 is 17.7 Å². The summed E-state index contributed by atoms with van der Waals surface area (Å²) in [6.45, 7) is 8.34. The minimum atomic E-state index is -1.01. The quantitative estimate of drug-likeness (QED) is 0.530. The van der Waals surface area contributed by atoms with E-state index in [0.717, 1.165) is 32.1 Å². The fourth-order valence-electron chi connectivity index (χ4n) is 8.02. The molecule has 7 heteroatoms. The third-order valence-corrected chi connectivity index (χ3v) is 9.79. The molecule has 6 unspecified atom stereocenters. The van der Waals surface area contributed by atoms with Gasteiger partial charge in [-0.2, -0.15) is 0 Å². The van der Waals surface area contributed by atoms with E-state index in [1.165, 1.54) is 0 Å². The van der Waals surface area contributed by atoms with E-state index in [1.54, 1.807) is 4.90 Å². The van der Waals surface area contributed by atoms with Crippen LogP contribution in [0.25, 0.3) is 0 Å². The second kappa shape index (κ2) is 7.66. The summed E-state index contributed by atoms with van der Waals surface area (Å²) in [4.78, 5) is 41.7. The highest BCUT2D eigenvalue weighted by molar-refractivity contribution is 6.16. The number of aliphatic hydroxyl groups is 1. The molecule has 176 valence electrons. The zero-order valence-corrected chi connectivity index (χ0v) is 19.1. The summed E-state index contributed by atoms with van der Waals surface area (Å²) in [5.74, 6) is -0.191. The number of ketones is 2. The molecular weight excluding hydrogens is 410 g/mol. The van der Waals surface area contributed by atoms with Crippen LogP contribution in [0, 0.1) is 34.0 Å². The molecule has 5 saturated carbocycles. The van der Waals surface area contributed by atoms with Crippen LogP contribution < -0.4 is 0 Å².